The average Bonchev–Trinajstić information content (AvgIpc) is 3.09. The van der Waals surface area contributed by atoms with Gasteiger partial charge in [-0.15, -0.1) is 12.4 Å². The van der Waals surface area contributed by atoms with Gasteiger partial charge in [-0.3, -0.25) is 4.79 Å². The molecule has 0 aliphatic heterocycles. The monoisotopic (exact) mass is 366 g/mol. The number of anilines is 1. The minimum Gasteiger partial charge on any atom is -0.399 e. The summed E-state index contributed by atoms with van der Waals surface area (Å²) in [6.07, 6.45) is 7.50. The smallest absolute Gasteiger partial charge is 0.222 e. The zero-order valence-corrected chi connectivity index (χ0v) is 16.2. The van der Waals surface area contributed by atoms with E-state index in [0.717, 1.165) is 24.3 Å². The molecule has 2 unspecified atom stereocenters. The number of nitrogens with zero attached hydrogens (tertiary/aromatic N) is 1. The first kappa shape index (κ1) is 20.1. The molecule has 1 amide bonds. The maximum absolute atomic E-state index is 12.7. The van der Waals surface area contributed by atoms with Crippen LogP contribution in [0.3, 0.4) is 0 Å². The van der Waals surface area contributed by atoms with Crippen molar-refractivity contribution in [1.29, 1.82) is 0 Å². The van der Waals surface area contributed by atoms with E-state index in [2.05, 4.69) is 6.92 Å². The van der Waals surface area contributed by atoms with Gasteiger partial charge >= 0.3 is 0 Å². The van der Waals surface area contributed by atoms with Gasteiger partial charge in [0.15, 0.2) is 0 Å². The third-order valence-corrected chi connectivity index (χ3v) is 6.17. The molecule has 1 aromatic carbocycles. The highest BCUT2D eigenvalue weighted by molar-refractivity contribution is 5.85. The van der Waals surface area contributed by atoms with Crippen molar-refractivity contribution < 1.29 is 9.53 Å². The highest BCUT2D eigenvalue weighted by Gasteiger charge is 2.58. The molecular weight excluding hydrogens is 336 g/mol. The molecule has 0 heterocycles. The zero-order valence-electron chi connectivity index (χ0n) is 15.4. The van der Waals surface area contributed by atoms with E-state index < -0.39 is 0 Å². The summed E-state index contributed by atoms with van der Waals surface area (Å²) in [6.45, 7) is 2.83. The van der Waals surface area contributed by atoms with Crippen molar-refractivity contribution >= 4 is 24.0 Å². The Hall–Kier alpha value is -1.26. The fourth-order valence-corrected chi connectivity index (χ4v) is 4.75. The average molecular weight is 367 g/mol. The fraction of sp³-hybridized carbons (Fsp3) is 0.650. The van der Waals surface area contributed by atoms with Crippen LogP contribution in [0.1, 0.15) is 51.0 Å². The van der Waals surface area contributed by atoms with Crippen LogP contribution in [0.15, 0.2) is 24.3 Å². The zero-order chi connectivity index (χ0) is 17.2. The van der Waals surface area contributed by atoms with Gasteiger partial charge in [0.25, 0.3) is 0 Å². The van der Waals surface area contributed by atoms with Gasteiger partial charge in [0.05, 0.1) is 6.10 Å². The summed E-state index contributed by atoms with van der Waals surface area (Å²) >= 11 is 0. The molecule has 2 fully saturated rings. The lowest BCUT2D eigenvalue weighted by Crippen LogP contribution is -2.64. The third kappa shape index (κ3) is 3.80. The molecule has 1 aromatic rings. The lowest BCUT2D eigenvalue weighted by Gasteiger charge is -2.57. The number of aryl methyl sites for hydroxylation is 1. The topological polar surface area (TPSA) is 55.6 Å². The van der Waals surface area contributed by atoms with E-state index in [1.165, 1.54) is 25.7 Å². The molecule has 3 rings (SSSR count). The molecule has 0 aromatic heterocycles. The number of para-hydroxylation sites is 1. The number of hydrogen-bond donors (Lipinski definition) is 1. The van der Waals surface area contributed by atoms with Crippen LogP contribution in [-0.2, 0) is 16.0 Å². The maximum Gasteiger partial charge on any atom is 0.222 e. The molecule has 2 aliphatic rings. The Morgan fingerprint density at radius 3 is 2.64 bits per heavy atom. The van der Waals surface area contributed by atoms with Crippen molar-refractivity contribution in [3.05, 3.63) is 29.8 Å². The lowest BCUT2D eigenvalue weighted by atomic mass is 9.60. The Bertz CT molecular complexity index is 587. The minimum absolute atomic E-state index is 0. The number of nitrogens with two attached hydrogens (primary N) is 1. The first-order chi connectivity index (χ1) is 11.6. The predicted octanol–water partition coefficient (Wildman–Crippen LogP) is 3.82. The Kier molecular flexibility index (Phi) is 6.75. The molecule has 0 radical (unpaired) electrons. The van der Waals surface area contributed by atoms with Crippen LogP contribution in [0.4, 0.5) is 5.69 Å². The minimum atomic E-state index is 0. The number of benzene rings is 1. The van der Waals surface area contributed by atoms with Gasteiger partial charge < -0.3 is 15.4 Å². The number of carbonyl (C=O) groups is 1. The van der Waals surface area contributed by atoms with Gasteiger partial charge in [0, 0.05) is 37.2 Å². The largest absolute Gasteiger partial charge is 0.399 e. The van der Waals surface area contributed by atoms with Gasteiger partial charge in [-0.2, -0.15) is 0 Å². The number of amides is 1. The molecule has 4 nitrogen and oxygen atoms in total. The van der Waals surface area contributed by atoms with Gasteiger partial charge in [-0.25, -0.2) is 0 Å². The van der Waals surface area contributed by atoms with Crippen LogP contribution in [0.2, 0.25) is 0 Å². The second-order valence-electron chi connectivity index (χ2n) is 7.34. The van der Waals surface area contributed by atoms with E-state index in [1.807, 2.05) is 36.2 Å². The molecule has 25 heavy (non-hydrogen) atoms. The van der Waals surface area contributed by atoms with Crippen molar-refractivity contribution in [3.63, 3.8) is 0 Å². The molecule has 140 valence electrons. The first-order valence-electron chi connectivity index (χ1n) is 9.29. The third-order valence-electron chi connectivity index (χ3n) is 6.17. The maximum atomic E-state index is 12.7. The van der Waals surface area contributed by atoms with Crippen LogP contribution >= 0.6 is 12.4 Å². The molecule has 2 N–H and O–H groups in total. The van der Waals surface area contributed by atoms with Crippen LogP contribution in [0.25, 0.3) is 0 Å². The number of nitrogen functional groups attached to an aromatic ring is 1. The Balaban J connectivity index is 0.00000225. The summed E-state index contributed by atoms with van der Waals surface area (Å²) in [5.74, 6) is 0.226. The predicted molar refractivity (Wildman–Crippen MR) is 104 cm³/mol. The standard InChI is InChI=1S/C20H30N2O2.ClH/c1-3-24-18-14-17(20(18)12-6-7-13-20)22(2)19(23)11-10-15-8-4-5-9-16(15)21;/h4-5,8-9,17-18H,3,6-7,10-14,21H2,1-2H3;1H. The van der Waals surface area contributed by atoms with Crippen molar-refractivity contribution in [2.75, 3.05) is 19.4 Å². The van der Waals surface area contributed by atoms with Gasteiger partial charge in [0.2, 0.25) is 5.91 Å². The molecule has 2 saturated carbocycles. The number of ether oxygens (including phenoxy) is 1. The highest BCUT2D eigenvalue weighted by Crippen LogP contribution is 2.56. The van der Waals surface area contributed by atoms with Crippen molar-refractivity contribution in [3.8, 4) is 0 Å². The Morgan fingerprint density at radius 2 is 2.00 bits per heavy atom. The molecule has 0 saturated heterocycles. The summed E-state index contributed by atoms with van der Waals surface area (Å²) in [4.78, 5) is 14.7. The lowest BCUT2D eigenvalue weighted by molar-refractivity contribution is -0.172. The van der Waals surface area contributed by atoms with E-state index in [1.54, 1.807) is 0 Å². The molecule has 1 spiro atoms. The Morgan fingerprint density at radius 1 is 1.32 bits per heavy atom. The summed E-state index contributed by atoms with van der Waals surface area (Å²) in [5, 5.41) is 0. The van der Waals surface area contributed by atoms with Crippen molar-refractivity contribution in [2.24, 2.45) is 5.41 Å². The quantitative estimate of drug-likeness (QED) is 0.778. The van der Waals surface area contributed by atoms with E-state index in [-0.39, 0.29) is 23.7 Å². The molecular formula is C20H31ClN2O2. The number of hydrogen-bond acceptors (Lipinski definition) is 3. The first-order valence-corrected chi connectivity index (χ1v) is 9.29. The summed E-state index contributed by atoms with van der Waals surface area (Å²) < 4.78 is 5.97. The SMILES string of the molecule is CCOC1CC(N(C)C(=O)CCc2ccccc2N)C12CCCC2.Cl. The second-order valence-corrected chi connectivity index (χ2v) is 7.34. The highest BCUT2D eigenvalue weighted by atomic mass is 35.5. The van der Waals surface area contributed by atoms with E-state index in [0.29, 0.717) is 25.0 Å². The van der Waals surface area contributed by atoms with Crippen molar-refractivity contribution in [1.82, 2.24) is 4.90 Å². The normalized spacial score (nSPS) is 23.8. The van der Waals surface area contributed by atoms with Crippen molar-refractivity contribution in [2.45, 2.75) is 64.0 Å². The number of rotatable bonds is 6. The van der Waals surface area contributed by atoms with Crippen LogP contribution in [-0.4, -0.2) is 36.6 Å². The van der Waals surface area contributed by atoms with Crippen LogP contribution in [0, 0.1) is 5.41 Å². The second kappa shape index (κ2) is 8.41. The van der Waals surface area contributed by atoms with Gasteiger partial charge in [0.1, 0.15) is 0 Å². The van der Waals surface area contributed by atoms with E-state index >= 15 is 0 Å². The van der Waals surface area contributed by atoms with E-state index in [9.17, 15) is 4.79 Å². The molecule has 2 aliphatic carbocycles. The molecule has 5 heteroatoms. The molecule has 2 atom stereocenters. The summed E-state index contributed by atoms with van der Waals surface area (Å²) in [7, 11) is 1.98. The van der Waals surface area contributed by atoms with Crippen LogP contribution < -0.4 is 5.73 Å². The van der Waals surface area contributed by atoms with E-state index in [4.69, 9.17) is 10.5 Å². The fourth-order valence-electron chi connectivity index (χ4n) is 4.75. The van der Waals surface area contributed by atoms with Gasteiger partial charge in [-0.1, -0.05) is 31.0 Å². The molecule has 0 bridgehead atoms. The number of carbonyl (C=O) groups excluding carboxylic acids is 1. The summed E-state index contributed by atoms with van der Waals surface area (Å²) in [5.41, 5.74) is 8.04. The summed E-state index contributed by atoms with van der Waals surface area (Å²) in [6, 6.07) is 8.16. The number of halogens is 1. The van der Waals surface area contributed by atoms with Gasteiger partial charge in [-0.05, 0) is 44.2 Å². The Labute approximate surface area is 157 Å². The van der Waals surface area contributed by atoms with Crippen LogP contribution in [0.5, 0.6) is 0 Å².